The highest BCUT2D eigenvalue weighted by atomic mass is 31.2. The Balaban J connectivity index is 1.84. The number of nitrogens with zero attached hydrogens (tertiary/aromatic N) is 3. The van der Waals surface area contributed by atoms with Gasteiger partial charge in [0.25, 0.3) is 5.56 Å². The molecule has 5 N–H and O–H groups in total. The maximum absolute atomic E-state index is 14.0. The number of anilines is 1. The molecule has 1 saturated heterocycles. The van der Waals surface area contributed by atoms with Gasteiger partial charge in [0.05, 0.1) is 12.9 Å². The summed E-state index contributed by atoms with van der Waals surface area (Å²) in [5, 5.41) is 0. The molecule has 0 unspecified atom stereocenters. The molecule has 0 saturated carbocycles. The van der Waals surface area contributed by atoms with Crippen molar-refractivity contribution < 1.29 is 28.0 Å². The highest BCUT2D eigenvalue weighted by Crippen LogP contribution is 2.39. The van der Waals surface area contributed by atoms with Crippen LogP contribution in [0.1, 0.15) is 12.6 Å². The third kappa shape index (κ3) is 3.26. The first-order valence-electron chi connectivity index (χ1n) is 6.46. The van der Waals surface area contributed by atoms with E-state index in [1.54, 1.807) is 0 Å². The van der Waals surface area contributed by atoms with Gasteiger partial charge >= 0.3 is 7.82 Å². The van der Waals surface area contributed by atoms with E-state index in [0.29, 0.717) is 0 Å². The maximum atomic E-state index is 14.0. The normalized spacial score (nSPS) is 25.3. The van der Waals surface area contributed by atoms with Gasteiger partial charge in [0.2, 0.25) is 5.95 Å². The SMILES string of the molecule is Nc1nc2c(ncn2[C@H]2C[C@H](F)[C@@H](COP(=O)(O)O)O2)c(=O)[nH]1. The lowest BCUT2D eigenvalue weighted by Crippen LogP contribution is -2.23. The van der Waals surface area contributed by atoms with Crippen LogP contribution in [0.4, 0.5) is 10.3 Å². The smallest absolute Gasteiger partial charge is 0.369 e. The number of fused-ring (bicyclic) bond motifs is 1. The van der Waals surface area contributed by atoms with E-state index in [1.807, 2.05) is 0 Å². The summed E-state index contributed by atoms with van der Waals surface area (Å²) in [6, 6.07) is 0. The van der Waals surface area contributed by atoms with E-state index in [9.17, 15) is 13.8 Å². The van der Waals surface area contributed by atoms with Gasteiger partial charge in [-0.1, -0.05) is 0 Å². The molecule has 1 fully saturated rings. The number of nitrogens with two attached hydrogens (primary N) is 1. The Labute approximate surface area is 127 Å². The first-order chi connectivity index (χ1) is 10.7. The molecule has 11 nitrogen and oxygen atoms in total. The number of rotatable bonds is 4. The van der Waals surface area contributed by atoms with Gasteiger partial charge in [-0.2, -0.15) is 4.98 Å². The van der Waals surface area contributed by atoms with Crippen molar-refractivity contribution in [3.63, 3.8) is 0 Å². The molecule has 0 aromatic carbocycles. The van der Waals surface area contributed by atoms with Crippen LogP contribution in [-0.2, 0) is 13.8 Å². The van der Waals surface area contributed by atoms with E-state index >= 15 is 0 Å². The minimum atomic E-state index is -4.72. The van der Waals surface area contributed by atoms with Crippen molar-refractivity contribution >= 4 is 24.9 Å². The summed E-state index contributed by atoms with van der Waals surface area (Å²) in [5.41, 5.74) is 5.08. The summed E-state index contributed by atoms with van der Waals surface area (Å²) in [5.74, 6) is -0.125. The molecule has 1 aliphatic rings. The number of alkyl halides is 1. The Bertz CT molecular complexity index is 833. The predicted octanol–water partition coefficient (Wildman–Crippen LogP) is -0.563. The van der Waals surface area contributed by atoms with Crippen molar-refractivity contribution in [2.75, 3.05) is 12.3 Å². The molecule has 0 aliphatic carbocycles. The molecular weight excluding hydrogens is 336 g/mol. The number of halogens is 1. The van der Waals surface area contributed by atoms with Crippen LogP contribution in [0.5, 0.6) is 0 Å². The molecule has 13 heteroatoms. The lowest BCUT2D eigenvalue weighted by Gasteiger charge is -2.15. The van der Waals surface area contributed by atoms with Crippen LogP contribution in [0, 0.1) is 0 Å². The number of hydrogen-bond donors (Lipinski definition) is 4. The van der Waals surface area contributed by atoms with Gasteiger partial charge in [-0.3, -0.25) is 18.9 Å². The monoisotopic (exact) mass is 349 g/mol. The second kappa shape index (κ2) is 5.65. The molecule has 3 atom stereocenters. The number of aromatic amines is 1. The number of nitrogens with one attached hydrogen (secondary N) is 1. The zero-order chi connectivity index (χ0) is 16.8. The van der Waals surface area contributed by atoms with E-state index < -0.39 is 38.5 Å². The predicted molar refractivity (Wildman–Crippen MR) is 74.0 cm³/mol. The van der Waals surface area contributed by atoms with Gasteiger partial charge in [-0.15, -0.1) is 0 Å². The number of H-pyrrole nitrogens is 1. The van der Waals surface area contributed by atoms with E-state index in [2.05, 4.69) is 19.5 Å². The van der Waals surface area contributed by atoms with Crippen LogP contribution >= 0.6 is 7.82 Å². The van der Waals surface area contributed by atoms with Crippen molar-refractivity contribution in [2.45, 2.75) is 24.9 Å². The molecule has 0 spiro atoms. The second-order valence-electron chi connectivity index (χ2n) is 4.94. The number of nitrogen functional groups attached to an aromatic ring is 1. The van der Waals surface area contributed by atoms with Gasteiger partial charge < -0.3 is 20.3 Å². The van der Waals surface area contributed by atoms with Crippen molar-refractivity contribution in [1.82, 2.24) is 19.5 Å². The Morgan fingerprint density at radius 3 is 3.04 bits per heavy atom. The van der Waals surface area contributed by atoms with Crippen LogP contribution in [0.25, 0.3) is 11.2 Å². The molecule has 2 aromatic heterocycles. The van der Waals surface area contributed by atoms with Crippen LogP contribution in [0.3, 0.4) is 0 Å². The van der Waals surface area contributed by atoms with E-state index in [1.165, 1.54) is 10.9 Å². The Hall–Kier alpha value is -1.85. The van der Waals surface area contributed by atoms with Crippen LogP contribution in [0.2, 0.25) is 0 Å². The quantitative estimate of drug-likeness (QED) is 0.529. The van der Waals surface area contributed by atoms with Crippen LogP contribution in [-0.4, -0.2) is 48.2 Å². The van der Waals surface area contributed by atoms with Gasteiger partial charge in [-0.05, 0) is 0 Å². The lowest BCUT2D eigenvalue weighted by atomic mass is 10.2. The van der Waals surface area contributed by atoms with Gasteiger partial charge in [-0.25, -0.2) is 13.9 Å². The third-order valence-electron chi connectivity index (χ3n) is 3.33. The molecule has 1 aliphatic heterocycles. The second-order valence-corrected chi connectivity index (χ2v) is 6.18. The minimum Gasteiger partial charge on any atom is -0.369 e. The summed E-state index contributed by atoms with van der Waals surface area (Å²) in [6.07, 6.45) is -2.38. The maximum Gasteiger partial charge on any atom is 0.469 e. The topological polar surface area (TPSA) is 166 Å². The molecule has 0 bridgehead atoms. The average Bonchev–Trinajstić information content (AvgIpc) is 2.99. The van der Waals surface area contributed by atoms with Crippen molar-refractivity contribution in [2.24, 2.45) is 0 Å². The van der Waals surface area contributed by atoms with E-state index in [-0.39, 0.29) is 23.5 Å². The summed E-state index contributed by atoms with van der Waals surface area (Å²) in [4.78, 5) is 39.1. The Morgan fingerprint density at radius 2 is 2.35 bits per heavy atom. The molecule has 3 heterocycles. The molecular formula is C10H13FN5O6P. The van der Waals surface area contributed by atoms with Crippen molar-refractivity contribution in [1.29, 1.82) is 0 Å². The zero-order valence-electron chi connectivity index (χ0n) is 11.5. The zero-order valence-corrected chi connectivity index (χ0v) is 12.4. The summed E-state index contributed by atoms with van der Waals surface area (Å²) in [6.45, 7) is -0.606. The van der Waals surface area contributed by atoms with E-state index in [0.717, 1.165) is 0 Å². The van der Waals surface area contributed by atoms with Crippen molar-refractivity contribution in [3.8, 4) is 0 Å². The highest BCUT2D eigenvalue weighted by Gasteiger charge is 2.38. The summed E-state index contributed by atoms with van der Waals surface area (Å²) in [7, 11) is -4.72. The Kier molecular flexibility index (Phi) is 3.94. The molecule has 23 heavy (non-hydrogen) atoms. The highest BCUT2D eigenvalue weighted by molar-refractivity contribution is 7.46. The first-order valence-corrected chi connectivity index (χ1v) is 7.99. The number of aromatic nitrogens is 4. The standard InChI is InChI=1S/C10H13FN5O6P/c11-4-1-6(22-5(4)2-21-23(18,19)20)16-3-13-7-8(16)14-10(12)15-9(7)17/h3-6H,1-2H2,(H2,18,19,20)(H3,12,14,15,17)/t4-,5+,6+/m0/s1. The van der Waals surface area contributed by atoms with Gasteiger partial charge in [0.15, 0.2) is 11.2 Å². The number of phosphoric acid groups is 1. The van der Waals surface area contributed by atoms with Gasteiger partial charge in [0.1, 0.15) is 18.5 Å². The first kappa shape index (κ1) is 16.0. The fraction of sp³-hybridized carbons (Fsp3) is 0.500. The molecule has 0 radical (unpaired) electrons. The minimum absolute atomic E-state index is 0.0214. The third-order valence-corrected chi connectivity index (χ3v) is 3.82. The average molecular weight is 349 g/mol. The molecule has 0 amide bonds. The summed E-state index contributed by atoms with van der Waals surface area (Å²) >= 11 is 0. The van der Waals surface area contributed by atoms with Crippen LogP contribution in [0.15, 0.2) is 11.1 Å². The molecule has 126 valence electrons. The lowest BCUT2D eigenvalue weighted by molar-refractivity contribution is -0.0317. The number of ether oxygens (including phenoxy) is 1. The van der Waals surface area contributed by atoms with E-state index in [4.69, 9.17) is 20.3 Å². The number of phosphoric ester groups is 1. The molecule has 2 aromatic rings. The Morgan fingerprint density at radius 1 is 1.61 bits per heavy atom. The van der Waals surface area contributed by atoms with Gasteiger partial charge in [0, 0.05) is 6.42 Å². The fourth-order valence-electron chi connectivity index (χ4n) is 2.33. The number of hydrogen-bond acceptors (Lipinski definition) is 7. The van der Waals surface area contributed by atoms with Crippen LogP contribution < -0.4 is 11.3 Å². The largest absolute Gasteiger partial charge is 0.469 e. The fourth-order valence-corrected chi connectivity index (χ4v) is 2.68. The molecule has 3 rings (SSSR count). The van der Waals surface area contributed by atoms with Crippen molar-refractivity contribution in [3.05, 3.63) is 16.7 Å². The summed E-state index contributed by atoms with van der Waals surface area (Å²) < 4.78 is 35.6. The number of imidazole rings is 1.